The molecule has 0 aliphatic carbocycles. The van der Waals surface area contributed by atoms with Gasteiger partial charge in [0, 0.05) is 5.56 Å². The highest BCUT2D eigenvalue weighted by Crippen LogP contribution is 2.26. The van der Waals surface area contributed by atoms with Crippen molar-refractivity contribution in [2.45, 2.75) is 6.16 Å². The van der Waals surface area contributed by atoms with E-state index in [1.54, 1.807) is 12.1 Å². The molecule has 17 heavy (non-hydrogen) atoms. The third kappa shape index (κ3) is 3.66. The lowest BCUT2D eigenvalue weighted by molar-refractivity contribution is 0.482. The second-order valence-corrected chi connectivity index (χ2v) is 4.59. The molecule has 0 aliphatic heterocycles. The molecular weight excluding hydrogens is 235 g/mol. The number of benzene rings is 2. The SMILES string of the molecule is O=[P+](O)Cc1cccc(Oc2ccccc2)c1. The first kappa shape index (κ1) is 11.8. The normalized spacial score (nSPS) is 11.0. The average Bonchev–Trinajstić information content (AvgIpc) is 2.30. The third-order valence-electron chi connectivity index (χ3n) is 2.20. The minimum absolute atomic E-state index is 0.154. The predicted octanol–water partition coefficient (Wildman–Crippen LogP) is 3.71. The summed E-state index contributed by atoms with van der Waals surface area (Å²) in [5, 5.41) is 0. The molecule has 0 heterocycles. The van der Waals surface area contributed by atoms with Crippen LogP contribution in [0.15, 0.2) is 54.6 Å². The van der Waals surface area contributed by atoms with Crippen molar-refractivity contribution < 1.29 is 14.2 Å². The van der Waals surface area contributed by atoms with Gasteiger partial charge in [-0.25, -0.2) is 0 Å². The number of rotatable bonds is 4. The Bertz CT molecular complexity index is 511. The molecule has 86 valence electrons. The standard InChI is InChI=1S/C13H11O3P/c14-17(15)10-11-5-4-8-13(9-11)16-12-6-2-1-3-7-12/h1-9H,10H2/p+1. The summed E-state index contributed by atoms with van der Waals surface area (Å²) in [5.41, 5.74) is 0.794. The number of hydrogen-bond donors (Lipinski definition) is 1. The highest BCUT2D eigenvalue weighted by Gasteiger charge is 2.11. The molecule has 0 radical (unpaired) electrons. The lowest BCUT2D eigenvalue weighted by Gasteiger charge is -2.05. The Kier molecular flexibility index (Phi) is 3.86. The smallest absolute Gasteiger partial charge is 0.457 e. The van der Waals surface area contributed by atoms with Gasteiger partial charge in [0.25, 0.3) is 0 Å². The number of hydrogen-bond acceptors (Lipinski definition) is 2. The Labute approximate surface area is 101 Å². The molecule has 0 spiro atoms. The van der Waals surface area contributed by atoms with Crippen molar-refractivity contribution in [2.75, 3.05) is 0 Å². The van der Waals surface area contributed by atoms with Crippen LogP contribution in [0.25, 0.3) is 0 Å². The van der Waals surface area contributed by atoms with Crippen molar-refractivity contribution in [3.05, 3.63) is 60.2 Å². The van der Waals surface area contributed by atoms with E-state index in [1.165, 1.54) is 0 Å². The maximum absolute atomic E-state index is 10.7. The van der Waals surface area contributed by atoms with Crippen LogP contribution in [0.4, 0.5) is 0 Å². The summed E-state index contributed by atoms with van der Waals surface area (Å²) >= 11 is 0. The van der Waals surface area contributed by atoms with Gasteiger partial charge in [0.15, 0.2) is 0 Å². The lowest BCUT2D eigenvalue weighted by atomic mass is 10.2. The van der Waals surface area contributed by atoms with Gasteiger partial charge in [-0.05, 0) is 28.8 Å². The van der Waals surface area contributed by atoms with E-state index in [1.807, 2.05) is 42.5 Å². The molecule has 2 aromatic rings. The van der Waals surface area contributed by atoms with Crippen LogP contribution >= 0.6 is 8.03 Å². The summed E-state index contributed by atoms with van der Waals surface area (Å²) in [4.78, 5) is 8.85. The Morgan fingerprint density at radius 3 is 2.41 bits per heavy atom. The molecule has 2 rings (SSSR count). The maximum Gasteiger partial charge on any atom is 0.510 e. The van der Waals surface area contributed by atoms with E-state index in [9.17, 15) is 4.57 Å². The van der Waals surface area contributed by atoms with E-state index in [0.717, 1.165) is 11.3 Å². The molecule has 0 bridgehead atoms. The van der Waals surface area contributed by atoms with Crippen LogP contribution in [-0.4, -0.2) is 4.89 Å². The fraction of sp³-hybridized carbons (Fsp3) is 0.0769. The van der Waals surface area contributed by atoms with Crippen LogP contribution in [0, 0.1) is 0 Å². The zero-order valence-electron chi connectivity index (χ0n) is 9.11. The van der Waals surface area contributed by atoms with Gasteiger partial charge in [-0.15, -0.1) is 0 Å². The van der Waals surface area contributed by atoms with Gasteiger partial charge in [0.05, 0.1) is 0 Å². The second-order valence-electron chi connectivity index (χ2n) is 3.57. The van der Waals surface area contributed by atoms with E-state index >= 15 is 0 Å². The first-order valence-electron chi connectivity index (χ1n) is 5.19. The molecule has 0 aromatic heterocycles. The minimum Gasteiger partial charge on any atom is -0.457 e. The van der Waals surface area contributed by atoms with Crippen LogP contribution in [0.2, 0.25) is 0 Å². The third-order valence-corrected chi connectivity index (χ3v) is 2.83. The summed E-state index contributed by atoms with van der Waals surface area (Å²) in [6.07, 6.45) is 0.154. The minimum atomic E-state index is -2.15. The highest BCUT2D eigenvalue weighted by molar-refractivity contribution is 7.37. The van der Waals surface area contributed by atoms with Gasteiger partial charge < -0.3 is 4.74 Å². The van der Waals surface area contributed by atoms with Gasteiger partial charge in [-0.3, -0.25) is 0 Å². The molecule has 1 atom stereocenters. The molecule has 2 aromatic carbocycles. The molecule has 1 unspecified atom stereocenters. The van der Waals surface area contributed by atoms with Crippen molar-refractivity contribution in [3.8, 4) is 11.5 Å². The highest BCUT2D eigenvalue weighted by atomic mass is 31.1. The summed E-state index contributed by atoms with van der Waals surface area (Å²) in [6.45, 7) is 0. The van der Waals surface area contributed by atoms with Crippen LogP contribution in [-0.2, 0) is 10.7 Å². The van der Waals surface area contributed by atoms with E-state index in [0.29, 0.717) is 5.75 Å². The van der Waals surface area contributed by atoms with Crippen LogP contribution in [0.1, 0.15) is 5.56 Å². The van der Waals surface area contributed by atoms with Crippen molar-refractivity contribution in [1.82, 2.24) is 0 Å². The second kappa shape index (κ2) is 5.58. The topological polar surface area (TPSA) is 46.5 Å². The van der Waals surface area contributed by atoms with Crippen molar-refractivity contribution >= 4 is 8.03 Å². The summed E-state index contributed by atoms with van der Waals surface area (Å²) in [7, 11) is -2.15. The van der Waals surface area contributed by atoms with Crippen molar-refractivity contribution in [3.63, 3.8) is 0 Å². The van der Waals surface area contributed by atoms with E-state index < -0.39 is 8.03 Å². The first-order chi connectivity index (χ1) is 8.24. The zero-order valence-corrected chi connectivity index (χ0v) is 10.0. The fourth-order valence-corrected chi connectivity index (χ4v) is 2.00. The zero-order chi connectivity index (χ0) is 12.1. The van der Waals surface area contributed by atoms with E-state index in [4.69, 9.17) is 9.63 Å². The van der Waals surface area contributed by atoms with Gasteiger partial charge >= 0.3 is 8.03 Å². The van der Waals surface area contributed by atoms with Crippen molar-refractivity contribution in [2.24, 2.45) is 0 Å². The van der Waals surface area contributed by atoms with Gasteiger partial charge in [-0.2, -0.15) is 4.89 Å². The predicted molar refractivity (Wildman–Crippen MR) is 66.5 cm³/mol. The molecule has 4 heteroatoms. The molecule has 0 saturated heterocycles. The monoisotopic (exact) mass is 247 g/mol. The molecule has 0 saturated carbocycles. The fourth-order valence-electron chi connectivity index (χ4n) is 1.49. The molecule has 0 aliphatic rings. The summed E-state index contributed by atoms with van der Waals surface area (Å²) in [5.74, 6) is 1.42. The van der Waals surface area contributed by atoms with Crippen LogP contribution in [0.3, 0.4) is 0 Å². The molecular formula is C13H12O3P+. The van der Waals surface area contributed by atoms with Crippen molar-refractivity contribution in [1.29, 1.82) is 0 Å². The van der Waals surface area contributed by atoms with Gasteiger partial charge in [-0.1, -0.05) is 30.3 Å². The number of ether oxygens (including phenoxy) is 1. The van der Waals surface area contributed by atoms with E-state index in [2.05, 4.69) is 0 Å². The summed E-state index contributed by atoms with van der Waals surface area (Å²) < 4.78 is 16.4. The maximum atomic E-state index is 10.7. The largest absolute Gasteiger partial charge is 0.510 e. The molecule has 1 N–H and O–H groups in total. The molecule has 3 nitrogen and oxygen atoms in total. The Hall–Kier alpha value is -1.70. The number of para-hydroxylation sites is 1. The average molecular weight is 247 g/mol. The lowest BCUT2D eigenvalue weighted by Crippen LogP contribution is -1.86. The van der Waals surface area contributed by atoms with Crippen LogP contribution in [0.5, 0.6) is 11.5 Å². The van der Waals surface area contributed by atoms with Gasteiger partial charge in [0.1, 0.15) is 11.5 Å². The van der Waals surface area contributed by atoms with Gasteiger partial charge in [0.2, 0.25) is 6.16 Å². The Balaban J connectivity index is 2.14. The summed E-state index contributed by atoms with van der Waals surface area (Å²) in [6, 6.07) is 16.6. The van der Waals surface area contributed by atoms with Crippen LogP contribution < -0.4 is 4.74 Å². The molecule has 0 fully saturated rings. The quantitative estimate of drug-likeness (QED) is 0.837. The molecule has 0 amide bonds. The first-order valence-corrected chi connectivity index (χ1v) is 6.59. The Morgan fingerprint density at radius 1 is 1.00 bits per heavy atom. The van der Waals surface area contributed by atoms with E-state index in [-0.39, 0.29) is 6.16 Å². The Morgan fingerprint density at radius 2 is 1.71 bits per heavy atom.